The molecular weight excluding hydrogens is 402 g/mol. The van der Waals surface area contributed by atoms with E-state index < -0.39 is 5.91 Å². The molecule has 0 saturated heterocycles. The molecular formula is C22H17N3O4S. The van der Waals surface area contributed by atoms with E-state index in [1.54, 1.807) is 55.6 Å². The molecule has 0 bridgehead atoms. The summed E-state index contributed by atoms with van der Waals surface area (Å²) in [6, 6.07) is 18.8. The van der Waals surface area contributed by atoms with Gasteiger partial charge in [-0.05, 0) is 60.7 Å². The Morgan fingerprint density at radius 3 is 2.17 bits per heavy atom. The number of nitrogens with one attached hydrogen (secondary N) is 1. The number of fused-ring (bicyclic) bond motifs is 1. The van der Waals surface area contributed by atoms with Crippen LogP contribution in [0.2, 0.25) is 0 Å². The molecule has 30 heavy (non-hydrogen) atoms. The molecule has 4 aromatic rings. The molecule has 2 amide bonds. The zero-order valence-corrected chi connectivity index (χ0v) is 16.7. The van der Waals surface area contributed by atoms with Gasteiger partial charge in [0.2, 0.25) is 5.91 Å². The number of hydrogen-bond acceptors (Lipinski definition) is 6. The molecule has 0 unspecified atom stereocenters. The normalized spacial score (nSPS) is 10.6. The van der Waals surface area contributed by atoms with E-state index in [1.165, 1.54) is 11.3 Å². The monoisotopic (exact) mass is 419 g/mol. The second-order valence-electron chi connectivity index (χ2n) is 6.30. The molecule has 0 spiro atoms. The van der Waals surface area contributed by atoms with Crippen LogP contribution in [0.25, 0.3) is 10.2 Å². The first kappa shape index (κ1) is 19.4. The lowest BCUT2D eigenvalue weighted by atomic mass is 10.2. The van der Waals surface area contributed by atoms with Crippen LogP contribution in [-0.4, -0.2) is 23.9 Å². The number of para-hydroxylation sites is 1. The van der Waals surface area contributed by atoms with Crippen LogP contribution < -0.4 is 20.5 Å². The van der Waals surface area contributed by atoms with E-state index in [-0.39, 0.29) is 5.91 Å². The number of thiazole rings is 1. The summed E-state index contributed by atoms with van der Waals surface area (Å²) in [6.07, 6.45) is 0. The first-order valence-electron chi connectivity index (χ1n) is 8.96. The fraction of sp³-hybridized carbons (Fsp3) is 0.0455. The van der Waals surface area contributed by atoms with Crippen LogP contribution in [0.3, 0.4) is 0 Å². The third-order valence-electron chi connectivity index (χ3n) is 4.31. The van der Waals surface area contributed by atoms with Crippen LogP contribution in [0.1, 0.15) is 20.7 Å². The van der Waals surface area contributed by atoms with Crippen molar-refractivity contribution in [1.82, 2.24) is 4.98 Å². The van der Waals surface area contributed by atoms with Crippen LogP contribution >= 0.6 is 11.3 Å². The fourth-order valence-corrected chi connectivity index (χ4v) is 3.69. The molecule has 0 aliphatic carbocycles. The van der Waals surface area contributed by atoms with Crippen LogP contribution in [0.4, 0.5) is 5.13 Å². The lowest BCUT2D eigenvalue weighted by Gasteiger charge is -2.07. The average Bonchev–Trinajstić information content (AvgIpc) is 3.17. The van der Waals surface area contributed by atoms with Gasteiger partial charge < -0.3 is 15.2 Å². The van der Waals surface area contributed by atoms with Gasteiger partial charge in [-0.1, -0.05) is 17.4 Å². The van der Waals surface area contributed by atoms with Crippen molar-refractivity contribution in [2.75, 3.05) is 12.4 Å². The van der Waals surface area contributed by atoms with Crippen molar-refractivity contribution in [3.05, 3.63) is 77.9 Å². The minimum atomic E-state index is -0.497. The number of ether oxygens (including phenoxy) is 2. The summed E-state index contributed by atoms with van der Waals surface area (Å²) in [5, 5.41) is 3.31. The number of nitrogens with zero attached hydrogens (tertiary/aromatic N) is 1. The third-order valence-corrected chi connectivity index (χ3v) is 5.25. The highest BCUT2D eigenvalue weighted by molar-refractivity contribution is 7.22. The Morgan fingerprint density at radius 1 is 0.933 bits per heavy atom. The number of anilines is 1. The quantitative estimate of drug-likeness (QED) is 0.481. The van der Waals surface area contributed by atoms with Gasteiger partial charge in [-0.3, -0.25) is 14.9 Å². The van der Waals surface area contributed by atoms with Gasteiger partial charge in [0, 0.05) is 11.1 Å². The summed E-state index contributed by atoms with van der Waals surface area (Å²) >= 11 is 1.38. The summed E-state index contributed by atoms with van der Waals surface area (Å²) in [6.45, 7) is 0. The van der Waals surface area contributed by atoms with Crippen molar-refractivity contribution in [3.63, 3.8) is 0 Å². The molecule has 3 aromatic carbocycles. The van der Waals surface area contributed by atoms with Crippen LogP contribution in [0, 0.1) is 0 Å². The Kier molecular flexibility index (Phi) is 5.32. The number of methoxy groups -OCH3 is 1. The standard InChI is InChI=1S/C22H17N3O4S/c1-28-17-3-2-4-18-19(17)24-22(30-18)25-21(27)14-7-11-16(12-8-14)29-15-9-5-13(6-10-15)20(23)26/h2-12H,1H3,(H2,23,26)(H,24,25,27). The highest BCUT2D eigenvalue weighted by Crippen LogP contribution is 2.32. The molecule has 8 heteroatoms. The zero-order chi connectivity index (χ0) is 21.1. The Labute approximate surface area is 176 Å². The van der Waals surface area contributed by atoms with E-state index in [2.05, 4.69) is 10.3 Å². The first-order valence-corrected chi connectivity index (χ1v) is 9.78. The van der Waals surface area contributed by atoms with Crippen LogP contribution in [0.5, 0.6) is 17.2 Å². The average molecular weight is 419 g/mol. The van der Waals surface area contributed by atoms with Crippen LogP contribution in [0.15, 0.2) is 66.7 Å². The maximum atomic E-state index is 12.6. The lowest BCUT2D eigenvalue weighted by molar-refractivity contribution is 0.0997. The number of primary amides is 1. The SMILES string of the molecule is COc1cccc2sc(NC(=O)c3ccc(Oc4ccc(C(N)=O)cc4)cc3)nc12. The Hall–Kier alpha value is -3.91. The third kappa shape index (κ3) is 4.08. The number of aromatic nitrogens is 1. The Morgan fingerprint density at radius 2 is 1.57 bits per heavy atom. The number of nitrogens with two attached hydrogens (primary N) is 1. The first-order chi connectivity index (χ1) is 14.5. The molecule has 0 atom stereocenters. The Bertz CT molecular complexity index is 1220. The van der Waals surface area contributed by atoms with Gasteiger partial charge >= 0.3 is 0 Å². The molecule has 0 saturated carbocycles. The summed E-state index contributed by atoms with van der Waals surface area (Å²) in [7, 11) is 1.59. The smallest absolute Gasteiger partial charge is 0.257 e. The minimum absolute atomic E-state index is 0.273. The van der Waals surface area contributed by atoms with Gasteiger partial charge in [0.05, 0.1) is 11.8 Å². The Balaban J connectivity index is 1.44. The van der Waals surface area contributed by atoms with Crippen molar-refractivity contribution in [2.24, 2.45) is 5.73 Å². The molecule has 1 heterocycles. The van der Waals surface area contributed by atoms with Gasteiger partial charge in [0.15, 0.2) is 5.13 Å². The van der Waals surface area contributed by atoms with Gasteiger partial charge in [0.25, 0.3) is 5.91 Å². The summed E-state index contributed by atoms with van der Waals surface area (Å²) in [4.78, 5) is 28.1. The molecule has 1 aromatic heterocycles. The fourth-order valence-electron chi connectivity index (χ4n) is 2.81. The predicted octanol–water partition coefficient (Wildman–Crippen LogP) is 4.45. The number of benzene rings is 3. The van der Waals surface area contributed by atoms with Gasteiger partial charge in [0.1, 0.15) is 22.8 Å². The number of rotatable bonds is 6. The van der Waals surface area contributed by atoms with E-state index in [1.807, 2.05) is 18.2 Å². The number of carbonyl (C=O) groups excluding carboxylic acids is 2. The molecule has 150 valence electrons. The van der Waals surface area contributed by atoms with E-state index in [9.17, 15) is 9.59 Å². The second kappa shape index (κ2) is 8.22. The molecule has 0 radical (unpaired) electrons. The highest BCUT2D eigenvalue weighted by atomic mass is 32.1. The maximum absolute atomic E-state index is 12.6. The van der Waals surface area contributed by atoms with E-state index >= 15 is 0 Å². The molecule has 0 aliphatic rings. The number of carbonyl (C=O) groups is 2. The van der Waals surface area contributed by atoms with Crippen molar-refractivity contribution in [1.29, 1.82) is 0 Å². The molecule has 0 aliphatic heterocycles. The van der Waals surface area contributed by atoms with E-state index in [4.69, 9.17) is 15.2 Å². The second-order valence-corrected chi connectivity index (χ2v) is 7.33. The summed E-state index contributed by atoms with van der Waals surface area (Å²) < 4.78 is 12.0. The van der Waals surface area contributed by atoms with Gasteiger partial charge in [-0.25, -0.2) is 4.98 Å². The maximum Gasteiger partial charge on any atom is 0.257 e. The molecule has 4 rings (SSSR count). The van der Waals surface area contributed by atoms with E-state index in [0.29, 0.717) is 39.0 Å². The largest absolute Gasteiger partial charge is 0.494 e. The molecule has 7 nitrogen and oxygen atoms in total. The topological polar surface area (TPSA) is 104 Å². The minimum Gasteiger partial charge on any atom is -0.494 e. The van der Waals surface area contributed by atoms with E-state index in [0.717, 1.165) is 4.70 Å². The van der Waals surface area contributed by atoms with Gasteiger partial charge in [-0.15, -0.1) is 0 Å². The predicted molar refractivity (Wildman–Crippen MR) is 116 cm³/mol. The molecule has 3 N–H and O–H groups in total. The van der Waals surface area contributed by atoms with Crippen molar-refractivity contribution >= 4 is 38.5 Å². The lowest BCUT2D eigenvalue weighted by Crippen LogP contribution is -2.11. The van der Waals surface area contributed by atoms with Crippen molar-refractivity contribution in [3.8, 4) is 17.2 Å². The summed E-state index contributed by atoms with van der Waals surface area (Å²) in [5.74, 6) is 1.01. The number of amides is 2. The van der Waals surface area contributed by atoms with Crippen LogP contribution in [-0.2, 0) is 0 Å². The van der Waals surface area contributed by atoms with Gasteiger partial charge in [-0.2, -0.15) is 0 Å². The van der Waals surface area contributed by atoms with Crippen molar-refractivity contribution in [2.45, 2.75) is 0 Å². The molecule has 0 fully saturated rings. The summed E-state index contributed by atoms with van der Waals surface area (Å²) in [5.41, 5.74) is 6.81. The number of hydrogen-bond donors (Lipinski definition) is 2. The highest BCUT2D eigenvalue weighted by Gasteiger charge is 2.12. The zero-order valence-electron chi connectivity index (χ0n) is 15.9. The van der Waals surface area contributed by atoms with Crippen molar-refractivity contribution < 1.29 is 19.1 Å².